The molecule has 0 aromatic heterocycles. The second-order valence-corrected chi connectivity index (χ2v) is 3.46. The topological polar surface area (TPSA) is 119 Å². The molecule has 0 radical (unpaired) electrons. The summed E-state index contributed by atoms with van der Waals surface area (Å²) in [6.45, 7) is -0.219. The quantitative estimate of drug-likeness (QED) is 0.719. The molecule has 0 spiro atoms. The summed E-state index contributed by atoms with van der Waals surface area (Å²) in [6, 6.07) is 1.93. The number of imide groups is 1. The molecule has 7 nitrogen and oxygen atoms in total. The fourth-order valence-corrected chi connectivity index (χ4v) is 1.25. The van der Waals surface area contributed by atoms with E-state index in [0.29, 0.717) is 0 Å². The maximum Gasteiger partial charge on any atom is 0.339 e. The zero-order valence-electron chi connectivity index (χ0n) is 9.68. The van der Waals surface area contributed by atoms with Gasteiger partial charge in [-0.05, 0) is 12.1 Å². The Bertz CT molecular complexity index is 518. The molecule has 1 aromatic rings. The number of carboxylic acid groups (broad SMARTS) is 1. The number of carbonyl (C=O) groups is 3. The Morgan fingerprint density at radius 2 is 2.05 bits per heavy atom. The summed E-state index contributed by atoms with van der Waals surface area (Å²) in [4.78, 5) is 32.2. The first-order valence-electron chi connectivity index (χ1n) is 5.15. The third-order valence-corrected chi connectivity index (χ3v) is 2.02. The number of aromatic carboxylic acids is 1. The van der Waals surface area contributed by atoms with Crippen LogP contribution in [0.25, 0.3) is 0 Å². The fraction of sp³-hybridized carbons (Fsp3) is 0.182. The van der Waals surface area contributed by atoms with E-state index in [2.05, 4.69) is 0 Å². The lowest BCUT2D eigenvalue weighted by molar-refractivity contribution is -0.120. The van der Waals surface area contributed by atoms with Crippen LogP contribution in [0.5, 0.6) is 5.75 Å². The molecule has 0 saturated carbocycles. The highest BCUT2D eigenvalue weighted by Crippen LogP contribution is 2.20. The van der Waals surface area contributed by atoms with E-state index in [1.807, 2.05) is 5.32 Å². The van der Waals surface area contributed by atoms with Crippen LogP contribution in [0.4, 0.5) is 9.18 Å². The molecule has 19 heavy (non-hydrogen) atoms. The average Bonchev–Trinajstić information content (AvgIpc) is 2.27. The lowest BCUT2D eigenvalue weighted by Gasteiger charge is -2.08. The number of halogens is 1. The average molecular weight is 270 g/mol. The molecule has 4 N–H and O–H groups in total. The van der Waals surface area contributed by atoms with Gasteiger partial charge >= 0.3 is 12.0 Å². The first-order chi connectivity index (χ1) is 8.90. The van der Waals surface area contributed by atoms with E-state index in [9.17, 15) is 18.8 Å². The molecule has 0 aliphatic heterocycles. The number of hydrogen-bond acceptors (Lipinski definition) is 4. The number of nitrogens with two attached hydrogens (primary N) is 1. The maximum absolute atomic E-state index is 13.0. The third-order valence-electron chi connectivity index (χ3n) is 2.02. The molecule has 1 aromatic carbocycles. The summed E-state index contributed by atoms with van der Waals surface area (Å²) in [6.07, 6.45) is -0.224. The zero-order chi connectivity index (χ0) is 14.4. The minimum atomic E-state index is -1.28. The SMILES string of the molecule is NC(=O)NC(=O)CCOc1cc(F)ccc1C(=O)O. The molecule has 8 heteroatoms. The van der Waals surface area contributed by atoms with Gasteiger partial charge in [0.1, 0.15) is 17.1 Å². The van der Waals surface area contributed by atoms with Crippen molar-refractivity contribution in [3.05, 3.63) is 29.6 Å². The molecule has 1 rings (SSSR count). The van der Waals surface area contributed by atoms with E-state index in [4.69, 9.17) is 15.6 Å². The summed E-state index contributed by atoms with van der Waals surface area (Å²) in [5.41, 5.74) is 4.50. The van der Waals surface area contributed by atoms with Crippen molar-refractivity contribution in [3.63, 3.8) is 0 Å². The van der Waals surface area contributed by atoms with Crippen molar-refractivity contribution in [2.75, 3.05) is 6.61 Å². The number of ether oxygens (including phenoxy) is 1. The molecule has 0 atom stereocenters. The summed E-state index contributed by atoms with van der Waals surface area (Å²) >= 11 is 0. The highest BCUT2D eigenvalue weighted by molar-refractivity contribution is 5.93. The zero-order valence-corrected chi connectivity index (χ0v) is 9.68. The van der Waals surface area contributed by atoms with Crippen LogP contribution in [0.3, 0.4) is 0 Å². The van der Waals surface area contributed by atoms with Gasteiger partial charge in [-0.2, -0.15) is 0 Å². The molecule has 0 unspecified atom stereocenters. The van der Waals surface area contributed by atoms with E-state index < -0.39 is 23.7 Å². The molecule has 0 aliphatic carbocycles. The van der Waals surface area contributed by atoms with Crippen LogP contribution in [-0.2, 0) is 4.79 Å². The summed E-state index contributed by atoms with van der Waals surface area (Å²) in [7, 11) is 0. The second-order valence-electron chi connectivity index (χ2n) is 3.46. The van der Waals surface area contributed by atoms with Gasteiger partial charge in [0, 0.05) is 6.07 Å². The van der Waals surface area contributed by atoms with Gasteiger partial charge in [0.15, 0.2) is 0 Å². The third kappa shape index (κ3) is 4.62. The Labute approximate surface area is 107 Å². The monoisotopic (exact) mass is 270 g/mol. The minimum Gasteiger partial charge on any atom is -0.492 e. The molecule has 102 valence electrons. The normalized spacial score (nSPS) is 9.74. The lowest BCUT2D eigenvalue weighted by Crippen LogP contribution is -2.35. The molecule has 3 amide bonds. The van der Waals surface area contributed by atoms with Gasteiger partial charge in [-0.3, -0.25) is 10.1 Å². The Morgan fingerprint density at radius 1 is 1.37 bits per heavy atom. The number of carbonyl (C=O) groups excluding carboxylic acids is 2. The van der Waals surface area contributed by atoms with E-state index in [-0.39, 0.29) is 24.3 Å². The smallest absolute Gasteiger partial charge is 0.339 e. The number of hydrogen-bond donors (Lipinski definition) is 3. The van der Waals surface area contributed by atoms with Crippen LogP contribution in [0, 0.1) is 5.82 Å². The Kier molecular flexibility index (Phi) is 4.81. The van der Waals surface area contributed by atoms with Crippen LogP contribution < -0.4 is 15.8 Å². The highest BCUT2D eigenvalue weighted by Gasteiger charge is 2.13. The first kappa shape index (κ1) is 14.4. The highest BCUT2D eigenvalue weighted by atomic mass is 19.1. The Morgan fingerprint density at radius 3 is 2.63 bits per heavy atom. The molecular weight excluding hydrogens is 259 g/mol. The van der Waals surface area contributed by atoms with Gasteiger partial charge in [0.05, 0.1) is 13.0 Å². The van der Waals surface area contributed by atoms with Gasteiger partial charge in [-0.1, -0.05) is 0 Å². The molecular formula is C11H11FN2O5. The number of carboxylic acids is 1. The molecule has 0 fully saturated rings. The lowest BCUT2D eigenvalue weighted by atomic mass is 10.2. The van der Waals surface area contributed by atoms with Crippen molar-refractivity contribution in [1.29, 1.82) is 0 Å². The van der Waals surface area contributed by atoms with Crippen LogP contribution in [0.15, 0.2) is 18.2 Å². The fourth-order valence-electron chi connectivity index (χ4n) is 1.25. The van der Waals surface area contributed by atoms with Crippen LogP contribution in [0.2, 0.25) is 0 Å². The summed E-state index contributed by atoms with van der Waals surface area (Å²) in [5, 5.41) is 10.6. The number of amides is 3. The van der Waals surface area contributed by atoms with Crippen molar-refractivity contribution < 1.29 is 28.6 Å². The molecule has 0 saturated heterocycles. The van der Waals surface area contributed by atoms with Crippen molar-refractivity contribution in [1.82, 2.24) is 5.32 Å². The van der Waals surface area contributed by atoms with Crippen LogP contribution in [0.1, 0.15) is 16.8 Å². The number of nitrogens with one attached hydrogen (secondary N) is 1. The second kappa shape index (κ2) is 6.34. The number of rotatable bonds is 5. The molecule has 0 heterocycles. The van der Waals surface area contributed by atoms with Gasteiger partial charge in [-0.15, -0.1) is 0 Å². The van der Waals surface area contributed by atoms with Crippen molar-refractivity contribution >= 4 is 17.9 Å². The van der Waals surface area contributed by atoms with Crippen molar-refractivity contribution in [3.8, 4) is 5.75 Å². The standard InChI is InChI=1S/C11H11FN2O5/c12-6-1-2-7(10(16)17)8(5-6)19-4-3-9(15)14-11(13)18/h1-2,5H,3-4H2,(H,16,17)(H3,13,14,15,18). The van der Waals surface area contributed by atoms with Gasteiger partial charge in [-0.25, -0.2) is 14.0 Å². The van der Waals surface area contributed by atoms with E-state index in [1.54, 1.807) is 0 Å². The van der Waals surface area contributed by atoms with Crippen molar-refractivity contribution in [2.45, 2.75) is 6.42 Å². The number of urea groups is 1. The van der Waals surface area contributed by atoms with Gasteiger partial charge in [0.25, 0.3) is 0 Å². The predicted octanol–water partition coefficient (Wildman–Crippen LogP) is 0.488. The van der Waals surface area contributed by atoms with E-state index >= 15 is 0 Å². The Balaban J connectivity index is 2.62. The van der Waals surface area contributed by atoms with Gasteiger partial charge < -0.3 is 15.6 Å². The van der Waals surface area contributed by atoms with E-state index in [1.165, 1.54) is 0 Å². The van der Waals surface area contributed by atoms with E-state index in [0.717, 1.165) is 18.2 Å². The van der Waals surface area contributed by atoms with Crippen LogP contribution >= 0.6 is 0 Å². The van der Waals surface area contributed by atoms with Gasteiger partial charge in [0.2, 0.25) is 5.91 Å². The largest absolute Gasteiger partial charge is 0.492 e. The predicted molar refractivity (Wildman–Crippen MR) is 61.2 cm³/mol. The molecule has 0 bridgehead atoms. The Hall–Kier alpha value is -2.64. The summed E-state index contributed by atoms with van der Waals surface area (Å²) in [5.74, 6) is -2.82. The van der Waals surface area contributed by atoms with Crippen molar-refractivity contribution in [2.24, 2.45) is 5.73 Å². The first-order valence-corrected chi connectivity index (χ1v) is 5.15. The maximum atomic E-state index is 13.0. The molecule has 0 aliphatic rings. The number of primary amides is 1. The minimum absolute atomic E-state index is 0.195. The number of benzene rings is 1. The van der Waals surface area contributed by atoms with Crippen LogP contribution in [-0.4, -0.2) is 29.6 Å². The summed E-state index contributed by atoms with van der Waals surface area (Å²) < 4.78 is 18.0.